The third-order valence-electron chi connectivity index (χ3n) is 3.56. The lowest BCUT2D eigenvalue weighted by Crippen LogP contribution is -2.36. The summed E-state index contributed by atoms with van der Waals surface area (Å²) in [6.45, 7) is 2.47. The van der Waals surface area contributed by atoms with Gasteiger partial charge < -0.3 is 10.4 Å². The zero-order valence-electron chi connectivity index (χ0n) is 11.9. The van der Waals surface area contributed by atoms with Crippen LogP contribution in [-0.2, 0) is 9.59 Å². The first-order valence-corrected chi connectivity index (χ1v) is 7.36. The van der Waals surface area contributed by atoms with Crippen LogP contribution in [0.2, 0.25) is 5.02 Å². The van der Waals surface area contributed by atoms with Crippen LogP contribution >= 0.6 is 11.6 Å². The van der Waals surface area contributed by atoms with Crippen molar-refractivity contribution in [1.82, 2.24) is 4.90 Å². The summed E-state index contributed by atoms with van der Waals surface area (Å²) in [5.74, 6) is -0.982. The molecule has 114 valence electrons. The van der Waals surface area contributed by atoms with E-state index in [4.69, 9.17) is 16.7 Å². The Balaban J connectivity index is 1.92. The second-order valence-electron chi connectivity index (χ2n) is 5.31. The van der Waals surface area contributed by atoms with Gasteiger partial charge in [-0.3, -0.25) is 14.5 Å². The second kappa shape index (κ2) is 6.91. The molecule has 0 saturated heterocycles. The molecular weight excluding hydrogens is 292 g/mol. The minimum absolute atomic E-state index is 0.0555. The van der Waals surface area contributed by atoms with Crippen molar-refractivity contribution in [2.24, 2.45) is 0 Å². The van der Waals surface area contributed by atoms with Gasteiger partial charge in [0, 0.05) is 23.3 Å². The van der Waals surface area contributed by atoms with Gasteiger partial charge >= 0.3 is 5.97 Å². The van der Waals surface area contributed by atoms with Gasteiger partial charge in [-0.1, -0.05) is 17.7 Å². The molecule has 1 fully saturated rings. The number of carbonyl (C=O) groups is 2. The van der Waals surface area contributed by atoms with Crippen LogP contribution in [0.1, 0.15) is 24.8 Å². The number of carbonyl (C=O) groups excluding carboxylic acids is 1. The number of anilines is 1. The van der Waals surface area contributed by atoms with E-state index in [9.17, 15) is 9.59 Å². The first-order chi connectivity index (χ1) is 9.97. The van der Waals surface area contributed by atoms with Crippen LogP contribution in [-0.4, -0.2) is 41.0 Å². The molecular formula is C15H19ClN2O3. The molecule has 0 aromatic heterocycles. The van der Waals surface area contributed by atoms with Crippen molar-refractivity contribution in [1.29, 1.82) is 0 Å². The smallest absolute Gasteiger partial charge is 0.304 e. The Kier molecular flexibility index (Phi) is 5.20. The molecule has 0 bridgehead atoms. The van der Waals surface area contributed by atoms with Crippen molar-refractivity contribution in [2.75, 3.05) is 18.4 Å². The lowest BCUT2D eigenvalue weighted by Gasteiger charge is -2.20. The normalized spacial score (nSPS) is 14.2. The molecule has 5 nitrogen and oxygen atoms in total. The summed E-state index contributed by atoms with van der Waals surface area (Å²) in [5.41, 5.74) is 1.53. The Morgan fingerprint density at radius 1 is 1.43 bits per heavy atom. The van der Waals surface area contributed by atoms with E-state index >= 15 is 0 Å². The summed E-state index contributed by atoms with van der Waals surface area (Å²) in [6, 6.07) is 5.71. The van der Waals surface area contributed by atoms with Crippen molar-refractivity contribution in [3.05, 3.63) is 28.8 Å². The third kappa shape index (κ3) is 4.72. The highest BCUT2D eigenvalue weighted by Gasteiger charge is 2.30. The molecule has 1 amide bonds. The van der Waals surface area contributed by atoms with Gasteiger partial charge in [-0.15, -0.1) is 0 Å². The zero-order valence-corrected chi connectivity index (χ0v) is 12.7. The summed E-state index contributed by atoms with van der Waals surface area (Å²) in [5, 5.41) is 12.2. The quantitative estimate of drug-likeness (QED) is 0.812. The van der Waals surface area contributed by atoms with Gasteiger partial charge in [0.2, 0.25) is 5.91 Å². The molecule has 1 saturated carbocycles. The molecule has 0 radical (unpaired) electrons. The van der Waals surface area contributed by atoms with Crippen LogP contribution in [0.5, 0.6) is 0 Å². The average molecular weight is 311 g/mol. The van der Waals surface area contributed by atoms with Gasteiger partial charge in [0.15, 0.2) is 0 Å². The van der Waals surface area contributed by atoms with Crippen LogP contribution in [0.3, 0.4) is 0 Å². The highest BCUT2D eigenvalue weighted by molar-refractivity contribution is 6.31. The molecule has 0 atom stereocenters. The molecule has 21 heavy (non-hydrogen) atoms. The van der Waals surface area contributed by atoms with Crippen molar-refractivity contribution in [2.45, 2.75) is 32.2 Å². The van der Waals surface area contributed by atoms with E-state index < -0.39 is 5.97 Å². The Bertz CT molecular complexity index is 544. The van der Waals surface area contributed by atoms with E-state index in [1.807, 2.05) is 11.8 Å². The first kappa shape index (κ1) is 15.8. The molecule has 1 aromatic rings. The molecule has 2 rings (SSSR count). The average Bonchev–Trinajstić information content (AvgIpc) is 3.24. The Labute approximate surface area is 128 Å². The lowest BCUT2D eigenvalue weighted by molar-refractivity contribution is -0.137. The van der Waals surface area contributed by atoms with E-state index in [0.29, 0.717) is 23.3 Å². The summed E-state index contributed by atoms with van der Waals surface area (Å²) in [6.07, 6.45) is 2.12. The molecule has 0 heterocycles. The Morgan fingerprint density at radius 3 is 2.76 bits per heavy atom. The van der Waals surface area contributed by atoms with Gasteiger partial charge in [0.05, 0.1) is 13.0 Å². The van der Waals surface area contributed by atoms with Crippen LogP contribution in [0, 0.1) is 6.92 Å². The van der Waals surface area contributed by atoms with Crippen molar-refractivity contribution in [3.63, 3.8) is 0 Å². The topological polar surface area (TPSA) is 69.6 Å². The number of benzene rings is 1. The number of carboxylic acids is 1. The fraction of sp³-hybridized carbons (Fsp3) is 0.467. The maximum atomic E-state index is 12.1. The minimum Gasteiger partial charge on any atom is -0.481 e. The number of aliphatic carboxylic acids is 1. The summed E-state index contributed by atoms with van der Waals surface area (Å²) < 4.78 is 0. The maximum absolute atomic E-state index is 12.1. The summed E-state index contributed by atoms with van der Waals surface area (Å²) >= 11 is 6.02. The molecule has 1 aliphatic rings. The fourth-order valence-electron chi connectivity index (χ4n) is 2.19. The van der Waals surface area contributed by atoms with Gasteiger partial charge in [-0.25, -0.2) is 0 Å². The van der Waals surface area contributed by atoms with Gasteiger partial charge in [0.25, 0.3) is 0 Å². The fourth-order valence-corrected chi connectivity index (χ4v) is 2.36. The molecule has 1 aromatic carbocycles. The number of nitrogens with zero attached hydrogens (tertiary/aromatic N) is 1. The van der Waals surface area contributed by atoms with Crippen molar-refractivity contribution < 1.29 is 14.7 Å². The maximum Gasteiger partial charge on any atom is 0.304 e. The predicted molar refractivity (Wildman–Crippen MR) is 81.7 cm³/mol. The lowest BCUT2D eigenvalue weighted by atomic mass is 10.2. The predicted octanol–water partition coefficient (Wildman–Crippen LogP) is 2.53. The molecule has 1 aliphatic carbocycles. The minimum atomic E-state index is -0.841. The van der Waals surface area contributed by atoms with E-state index in [1.54, 1.807) is 18.2 Å². The summed E-state index contributed by atoms with van der Waals surface area (Å²) in [4.78, 5) is 24.7. The van der Waals surface area contributed by atoms with Crippen molar-refractivity contribution >= 4 is 29.2 Å². The Morgan fingerprint density at radius 2 is 2.14 bits per heavy atom. The van der Waals surface area contributed by atoms with E-state index in [1.165, 1.54) is 0 Å². The number of halogens is 1. The SMILES string of the molecule is Cc1c(Cl)cccc1NC(=O)CN(CCC(=O)O)C1CC1. The number of amides is 1. The number of rotatable bonds is 7. The van der Waals surface area contributed by atoms with E-state index in [-0.39, 0.29) is 18.9 Å². The van der Waals surface area contributed by atoms with Crippen LogP contribution in [0.25, 0.3) is 0 Å². The van der Waals surface area contributed by atoms with Gasteiger partial charge in [-0.05, 0) is 37.5 Å². The van der Waals surface area contributed by atoms with E-state index in [2.05, 4.69) is 5.32 Å². The third-order valence-corrected chi connectivity index (χ3v) is 3.97. The van der Waals surface area contributed by atoms with Crippen LogP contribution in [0.15, 0.2) is 18.2 Å². The number of hydrogen-bond acceptors (Lipinski definition) is 3. The van der Waals surface area contributed by atoms with Crippen LogP contribution < -0.4 is 5.32 Å². The largest absolute Gasteiger partial charge is 0.481 e. The van der Waals surface area contributed by atoms with Crippen LogP contribution in [0.4, 0.5) is 5.69 Å². The molecule has 0 spiro atoms. The first-order valence-electron chi connectivity index (χ1n) is 6.98. The Hall–Kier alpha value is -1.59. The van der Waals surface area contributed by atoms with Gasteiger partial charge in [0.1, 0.15) is 0 Å². The molecule has 2 N–H and O–H groups in total. The molecule has 6 heteroatoms. The highest BCUT2D eigenvalue weighted by atomic mass is 35.5. The number of carboxylic acid groups (broad SMARTS) is 1. The monoisotopic (exact) mass is 310 g/mol. The number of nitrogens with one attached hydrogen (secondary N) is 1. The highest BCUT2D eigenvalue weighted by Crippen LogP contribution is 2.27. The van der Waals surface area contributed by atoms with Crippen molar-refractivity contribution in [3.8, 4) is 0 Å². The second-order valence-corrected chi connectivity index (χ2v) is 5.71. The molecule has 0 unspecified atom stereocenters. The summed E-state index contributed by atoms with van der Waals surface area (Å²) in [7, 11) is 0. The standard InChI is InChI=1S/C15H19ClN2O3/c1-10-12(16)3-2-4-13(10)17-14(19)9-18(11-5-6-11)8-7-15(20)21/h2-4,11H,5-9H2,1H3,(H,17,19)(H,20,21). The van der Waals surface area contributed by atoms with Gasteiger partial charge in [-0.2, -0.15) is 0 Å². The van der Waals surface area contributed by atoms with E-state index in [0.717, 1.165) is 18.4 Å². The number of hydrogen-bond donors (Lipinski definition) is 2. The zero-order chi connectivity index (χ0) is 15.4. The molecule has 0 aliphatic heterocycles.